The summed E-state index contributed by atoms with van der Waals surface area (Å²) in [7, 11) is 0. The second kappa shape index (κ2) is 3.92. The highest BCUT2D eigenvalue weighted by atomic mass is 16.5. The van der Waals surface area contributed by atoms with Crippen molar-refractivity contribution in [3.63, 3.8) is 0 Å². The first-order valence-electron chi connectivity index (χ1n) is 5.03. The Labute approximate surface area is 78.7 Å². The van der Waals surface area contributed by atoms with Gasteiger partial charge in [-0.05, 0) is 12.8 Å². The number of β-amino-alcohol motifs (C(OH)–C–C–N with tert-alkyl or cyclic N) is 1. The van der Waals surface area contributed by atoms with Crippen LogP contribution in [0, 0.1) is 0 Å². The van der Waals surface area contributed by atoms with Crippen molar-refractivity contribution in [1.29, 1.82) is 0 Å². The normalized spacial score (nSPS) is 42.5. The summed E-state index contributed by atoms with van der Waals surface area (Å²) in [6.45, 7) is 3.25. The van der Waals surface area contributed by atoms with Gasteiger partial charge in [0.05, 0.1) is 12.7 Å². The van der Waals surface area contributed by atoms with Crippen LogP contribution in [0.5, 0.6) is 0 Å². The van der Waals surface area contributed by atoms with Crippen molar-refractivity contribution in [2.24, 2.45) is 5.73 Å². The summed E-state index contributed by atoms with van der Waals surface area (Å²) in [6.07, 6.45) is 1.76. The maximum Gasteiger partial charge on any atom is 0.0679 e. The zero-order valence-corrected chi connectivity index (χ0v) is 7.85. The summed E-state index contributed by atoms with van der Waals surface area (Å²) in [5.74, 6) is 0. The van der Waals surface area contributed by atoms with Gasteiger partial charge in [0, 0.05) is 31.8 Å². The number of hydrogen-bond acceptors (Lipinski definition) is 4. The van der Waals surface area contributed by atoms with E-state index in [9.17, 15) is 5.11 Å². The topological polar surface area (TPSA) is 58.7 Å². The van der Waals surface area contributed by atoms with E-state index in [1.54, 1.807) is 0 Å². The largest absolute Gasteiger partial charge is 0.392 e. The van der Waals surface area contributed by atoms with Gasteiger partial charge in [0.15, 0.2) is 0 Å². The average Bonchev–Trinajstić information content (AvgIpc) is 2.53. The molecule has 0 aromatic heterocycles. The molecule has 2 heterocycles. The Hall–Kier alpha value is -0.160. The Morgan fingerprint density at radius 1 is 1.38 bits per heavy atom. The van der Waals surface area contributed by atoms with Crippen molar-refractivity contribution in [3.8, 4) is 0 Å². The van der Waals surface area contributed by atoms with Gasteiger partial charge in [-0.1, -0.05) is 0 Å². The molecule has 0 spiro atoms. The van der Waals surface area contributed by atoms with Gasteiger partial charge in [-0.3, -0.25) is 4.90 Å². The highest BCUT2D eigenvalue weighted by molar-refractivity contribution is 4.89. The third kappa shape index (κ3) is 2.02. The molecule has 3 N–H and O–H groups in total. The van der Waals surface area contributed by atoms with Gasteiger partial charge in [-0.2, -0.15) is 0 Å². The molecule has 4 heteroatoms. The van der Waals surface area contributed by atoms with E-state index in [4.69, 9.17) is 10.5 Å². The van der Waals surface area contributed by atoms with Gasteiger partial charge >= 0.3 is 0 Å². The molecule has 76 valence electrons. The van der Waals surface area contributed by atoms with Crippen LogP contribution >= 0.6 is 0 Å². The van der Waals surface area contributed by atoms with Crippen molar-refractivity contribution in [2.75, 3.05) is 26.3 Å². The molecule has 2 fully saturated rings. The maximum absolute atomic E-state index is 9.40. The summed E-state index contributed by atoms with van der Waals surface area (Å²) < 4.78 is 5.28. The Bertz CT molecular complexity index is 177. The lowest BCUT2D eigenvalue weighted by Crippen LogP contribution is -2.52. The second-order valence-electron chi connectivity index (χ2n) is 4.03. The fraction of sp³-hybridized carbons (Fsp3) is 1.00. The lowest BCUT2D eigenvalue weighted by atomic mass is 10.0. The molecule has 2 aliphatic heterocycles. The molecule has 4 nitrogen and oxygen atoms in total. The van der Waals surface area contributed by atoms with E-state index in [0.29, 0.717) is 12.6 Å². The summed E-state index contributed by atoms with van der Waals surface area (Å²) in [5, 5.41) is 9.40. The van der Waals surface area contributed by atoms with Crippen LogP contribution in [-0.4, -0.2) is 54.5 Å². The number of ether oxygens (including phenoxy) is 1. The van der Waals surface area contributed by atoms with Crippen LogP contribution in [0.3, 0.4) is 0 Å². The number of hydrogen-bond donors (Lipinski definition) is 2. The fourth-order valence-corrected chi connectivity index (χ4v) is 2.27. The summed E-state index contributed by atoms with van der Waals surface area (Å²) in [5.41, 5.74) is 5.96. The standard InChI is InChI=1S/C9H18N2O2/c10-8-6-13-4-2-9(8)11-3-1-7(12)5-11/h7-9,12H,1-6,10H2/t7?,8-,9?/m1/s1. The first kappa shape index (κ1) is 9.40. The number of nitrogens with two attached hydrogens (primary N) is 1. The quantitative estimate of drug-likeness (QED) is 0.561. The van der Waals surface area contributed by atoms with Gasteiger partial charge in [0.2, 0.25) is 0 Å². The number of rotatable bonds is 1. The molecule has 0 aromatic carbocycles. The Morgan fingerprint density at radius 2 is 2.23 bits per heavy atom. The molecule has 3 atom stereocenters. The van der Waals surface area contributed by atoms with Crippen molar-refractivity contribution in [2.45, 2.75) is 31.0 Å². The Balaban J connectivity index is 1.91. The van der Waals surface area contributed by atoms with Gasteiger partial charge in [-0.15, -0.1) is 0 Å². The van der Waals surface area contributed by atoms with E-state index in [2.05, 4.69) is 4.90 Å². The van der Waals surface area contributed by atoms with Gasteiger partial charge in [0.25, 0.3) is 0 Å². The first-order valence-corrected chi connectivity index (χ1v) is 5.03. The Morgan fingerprint density at radius 3 is 2.85 bits per heavy atom. The number of aliphatic hydroxyl groups is 1. The molecule has 2 unspecified atom stereocenters. The molecular formula is C9H18N2O2. The minimum absolute atomic E-state index is 0.124. The summed E-state index contributed by atoms with van der Waals surface area (Å²) >= 11 is 0. The molecule has 0 radical (unpaired) electrons. The predicted octanol–water partition coefficient (Wildman–Crippen LogP) is -0.831. The lowest BCUT2D eigenvalue weighted by molar-refractivity contribution is 0.0216. The minimum Gasteiger partial charge on any atom is -0.392 e. The molecule has 0 aliphatic carbocycles. The van der Waals surface area contributed by atoms with Crippen LogP contribution in [0.4, 0.5) is 0 Å². The molecule has 0 amide bonds. The van der Waals surface area contributed by atoms with E-state index >= 15 is 0 Å². The van der Waals surface area contributed by atoms with Crippen LogP contribution in [0.1, 0.15) is 12.8 Å². The number of nitrogens with zero attached hydrogens (tertiary/aromatic N) is 1. The van der Waals surface area contributed by atoms with E-state index in [0.717, 1.165) is 32.5 Å². The van der Waals surface area contributed by atoms with E-state index in [1.165, 1.54) is 0 Å². The van der Waals surface area contributed by atoms with Crippen molar-refractivity contribution >= 4 is 0 Å². The summed E-state index contributed by atoms with van der Waals surface area (Å²) in [4.78, 5) is 2.30. The van der Waals surface area contributed by atoms with Gasteiger partial charge in [0.1, 0.15) is 0 Å². The van der Waals surface area contributed by atoms with Crippen LogP contribution in [0.2, 0.25) is 0 Å². The molecule has 0 aromatic rings. The predicted molar refractivity (Wildman–Crippen MR) is 49.4 cm³/mol. The highest BCUT2D eigenvalue weighted by Crippen LogP contribution is 2.19. The van der Waals surface area contributed by atoms with Crippen LogP contribution < -0.4 is 5.73 Å². The molecule has 0 bridgehead atoms. The van der Waals surface area contributed by atoms with E-state index in [-0.39, 0.29) is 12.1 Å². The molecule has 2 saturated heterocycles. The van der Waals surface area contributed by atoms with E-state index < -0.39 is 0 Å². The molecule has 2 rings (SSSR count). The first-order chi connectivity index (χ1) is 6.27. The fourth-order valence-electron chi connectivity index (χ4n) is 2.27. The van der Waals surface area contributed by atoms with Crippen LogP contribution in [-0.2, 0) is 4.74 Å². The third-order valence-electron chi connectivity index (χ3n) is 3.03. The highest BCUT2D eigenvalue weighted by Gasteiger charge is 2.32. The van der Waals surface area contributed by atoms with E-state index in [1.807, 2.05) is 0 Å². The third-order valence-corrected chi connectivity index (χ3v) is 3.03. The number of aliphatic hydroxyl groups excluding tert-OH is 1. The molecule has 0 saturated carbocycles. The van der Waals surface area contributed by atoms with Gasteiger partial charge < -0.3 is 15.6 Å². The molecule has 2 aliphatic rings. The van der Waals surface area contributed by atoms with Crippen molar-refractivity contribution < 1.29 is 9.84 Å². The minimum atomic E-state index is -0.143. The van der Waals surface area contributed by atoms with Crippen LogP contribution in [0.15, 0.2) is 0 Å². The number of likely N-dealkylation sites (tertiary alicyclic amines) is 1. The van der Waals surface area contributed by atoms with Crippen LogP contribution in [0.25, 0.3) is 0 Å². The second-order valence-corrected chi connectivity index (χ2v) is 4.03. The Kier molecular flexibility index (Phi) is 2.83. The SMILES string of the molecule is N[C@@H]1COCCC1N1CCC(O)C1. The maximum atomic E-state index is 9.40. The molecule has 13 heavy (non-hydrogen) atoms. The van der Waals surface area contributed by atoms with Crippen molar-refractivity contribution in [1.82, 2.24) is 4.90 Å². The van der Waals surface area contributed by atoms with Gasteiger partial charge in [-0.25, -0.2) is 0 Å². The lowest BCUT2D eigenvalue weighted by Gasteiger charge is -2.35. The molecular weight excluding hydrogens is 168 g/mol. The monoisotopic (exact) mass is 186 g/mol. The zero-order valence-electron chi connectivity index (χ0n) is 7.85. The zero-order chi connectivity index (χ0) is 9.26. The smallest absolute Gasteiger partial charge is 0.0679 e. The summed E-state index contributed by atoms with van der Waals surface area (Å²) in [6, 6.07) is 0.546. The average molecular weight is 186 g/mol. The van der Waals surface area contributed by atoms with Crippen molar-refractivity contribution in [3.05, 3.63) is 0 Å².